The van der Waals surface area contributed by atoms with E-state index >= 15 is 0 Å². The van der Waals surface area contributed by atoms with E-state index < -0.39 is 5.97 Å². The molecule has 1 fully saturated rings. The van der Waals surface area contributed by atoms with Crippen LogP contribution >= 0.6 is 0 Å². The van der Waals surface area contributed by atoms with Crippen molar-refractivity contribution in [2.45, 2.75) is 12.8 Å². The van der Waals surface area contributed by atoms with Gasteiger partial charge in [-0.15, -0.1) is 0 Å². The molecule has 1 aliphatic heterocycles. The maximum absolute atomic E-state index is 10.6. The first-order valence-electron chi connectivity index (χ1n) is 8.82. The van der Waals surface area contributed by atoms with E-state index in [1.807, 2.05) is 18.2 Å². The zero-order valence-corrected chi connectivity index (χ0v) is 14.4. The molecule has 1 aliphatic rings. The second-order valence-electron chi connectivity index (χ2n) is 6.36. The molecule has 3 rings (SSSR count). The van der Waals surface area contributed by atoms with E-state index in [1.54, 1.807) is 0 Å². The van der Waals surface area contributed by atoms with Crippen molar-refractivity contribution in [2.75, 3.05) is 42.9 Å². The molecule has 0 aromatic heterocycles. The minimum absolute atomic E-state index is 0. The van der Waals surface area contributed by atoms with Crippen LogP contribution in [-0.2, 0) is 4.79 Å². The number of nitrogens with one attached hydrogen (secondary N) is 1. The first-order chi connectivity index (χ1) is 12.2. The summed E-state index contributed by atoms with van der Waals surface area (Å²) in [6, 6.07) is 18.7. The fourth-order valence-electron chi connectivity index (χ4n) is 3.13. The van der Waals surface area contributed by atoms with Gasteiger partial charge in [-0.2, -0.15) is 0 Å². The molecule has 0 atom stereocenters. The van der Waals surface area contributed by atoms with Crippen LogP contribution in [0.4, 0.5) is 17.1 Å². The standard InChI is InChI=1S/C20H25N3O2.Na.H/c24-20(25)7-4-12-22-13-15-23(16-14-22)19-10-8-18(9-11-19)21-17-5-2-1-3-6-17;;/h1-3,5-6,8-11,21H,4,7,12-16H2,(H,24,25);;. The Morgan fingerprint density at radius 1 is 0.923 bits per heavy atom. The number of hydrogen-bond acceptors (Lipinski definition) is 4. The zero-order valence-electron chi connectivity index (χ0n) is 14.4. The molecule has 5 nitrogen and oxygen atoms in total. The molecule has 0 unspecified atom stereocenters. The number of hydrogen-bond donors (Lipinski definition) is 2. The molecule has 0 spiro atoms. The Labute approximate surface area is 177 Å². The normalized spacial score (nSPS) is 14.5. The van der Waals surface area contributed by atoms with Gasteiger partial charge >= 0.3 is 35.5 Å². The predicted molar refractivity (Wildman–Crippen MR) is 109 cm³/mol. The number of nitrogens with zero attached hydrogens (tertiary/aromatic N) is 2. The van der Waals surface area contributed by atoms with Crippen LogP contribution in [-0.4, -0.2) is 78.3 Å². The van der Waals surface area contributed by atoms with E-state index in [-0.39, 0.29) is 36.0 Å². The average molecular weight is 363 g/mol. The Bertz CT molecular complexity index is 671. The average Bonchev–Trinajstić information content (AvgIpc) is 2.64. The van der Waals surface area contributed by atoms with Crippen molar-refractivity contribution in [3.8, 4) is 0 Å². The van der Waals surface area contributed by atoms with Crippen LogP contribution < -0.4 is 10.2 Å². The Hall–Kier alpha value is -1.53. The van der Waals surface area contributed by atoms with Crippen molar-refractivity contribution < 1.29 is 9.90 Å². The molecular weight excluding hydrogens is 337 g/mol. The van der Waals surface area contributed by atoms with Crippen LogP contribution in [0.2, 0.25) is 0 Å². The van der Waals surface area contributed by atoms with Crippen LogP contribution in [0.15, 0.2) is 54.6 Å². The molecule has 1 saturated heterocycles. The Balaban J connectivity index is 0.00000243. The van der Waals surface area contributed by atoms with Gasteiger partial charge < -0.3 is 15.3 Å². The topological polar surface area (TPSA) is 55.8 Å². The number of carbonyl (C=O) groups is 1. The maximum atomic E-state index is 10.6. The van der Waals surface area contributed by atoms with Gasteiger partial charge in [-0.1, -0.05) is 18.2 Å². The van der Waals surface area contributed by atoms with Crippen LogP contribution in [0.5, 0.6) is 0 Å². The van der Waals surface area contributed by atoms with E-state index in [1.165, 1.54) is 5.69 Å². The summed E-state index contributed by atoms with van der Waals surface area (Å²) in [7, 11) is 0. The fourth-order valence-corrected chi connectivity index (χ4v) is 3.13. The van der Waals surface area contributed by atoms with Gasteiger partial charge in [0.15, 0.2) is 0 Å². The van der Waals surface area contributed by atoms with Crippen molar-refractivity contribution in [3.05, 3.63) is 54.6 Å². The van der Waals surface area contributed by atoms with Crippen LogP contribution in [0.1, 0.15) is 12.8 Å². The molecule has 26 heavy (non-hydrogen) atoms. The molecule has 2 aromatic carbocycles. The monoisotopic (exact) mass is 363 g/mol. The Kier molecular flexibility index (Phi) is 8.45. The van der Waals surface area contributed by atoms with E-state index in [2.05, 4.69) is 51.5 Å². The summed E-state index contributed by atoms with van der Waals surface area (Å²) in [5, 5.41) is 12.1. The van der Waals surface area contributed by atoms with Crippen molar-refractivity contribution >= 4 is 52.6 Å². The van der Waals surface area contributed by atoms with Gasteiger partial charge in [-0.25, -0.2) is 0 Å². The number of aliphatic carboxylic acids is 1. The quantitative estimate of drug-likeness (QED) is 0.741. The summed E-state index contributed by atoms with van der Waals surface area (Å²) in [6.45, 7) is 4.82. The van der Waals surface area contributed by atoms with Gasteiger partial charge in [0.05, 0.1) is 0 Å². The summed E-state index contributed by atoms with van der Waals surface area (Å²) < 4.78 is 0. The Morgan fingerprint density at radius 3 is 2.15 bits per heavy atom. The molecule has 134 valence electrons. The van der Waals surface area contributed by atoms with Gasteiger partial charge in [0.2, 0.25) is 0 Å². The number of carboxylic acids is 1. The molecule has 0 saturated carbocycles. The second kappa shape index (κ2) is 10.6. The summed E-state index contributed by atoms with van der Waals surface area (Å²) in [5.74, 6) is -0.706. The van der Waals surface area contributed by atoms with E-state index in [9.17, 15) is 4.79 Å². The predicted octanol–water partition coefficient (Wildman–Crippen LogP) is 2.77. The van der Waals surface area contributed by atoms with Crippen molar-refractivity contribution in [2.24, 2.45) is 0 Å². The van der Waals surface area contributed by atoms with Crippen molar-refractivity contribution in [1.82, 2.24) is 4.90 Å². The summed E-state index contributed by atoms with van der Waals surface area (Å²) in [4.78, 5) is 15.3. The molecule has 0 amide bonds. The van der Waals surface area contributed by atoms with E-state index in [0.29, 0.717) is 0 Å². The summed E-state index contributed by atoms with van der Waals surface area (Å²) in [5.41, 5.74) is 3.41. The molecule has 2 aromatic rings. The van der Waals surface area contributed by atoms with Crippen molar-refractivity contribution in [3.63, 3.8) is 0 Å². The zero-order chi connectivity index (χ0) is 17.5. The molecule has 0 aliphatic carbocycles. The Morgan fingerprint density at radius 2 is 1.54 bits per heavy atom. The number of piperazine rings is 1. The number of benzene rings is 2. The van der Waals surface area contributed by atoms with E-state index in [4.69, 9.17) is 5.11 Å². The van der Waals surface area contributed by atoms with Crippen molar-refractivity contribution in [1.29, 1.82) is 0 Å². The third-order valence-electron chi connectivity index (χ3n) is 4.53. The number of para-hydroxylation sites is 1. The van der Waals surface area contributed by atoms with E-state index in [0.717, 1.165) is 50.5 Å². The molecule has 0 bridgehead atoms. The first-order valence-corrected chi connectivity index (χ1v) is 8.82. The first kappa shape index (κ1) is 20.8. The van der Waals surface area contributed by atoms with Crippen LogP contribution in [0, 0.1) is 0 Å². The van der Waals surface area contributed by atoms with Crippen LogP contribution in [0.25, 0.3) is 0 Å². The third kappa shape index (κ3) is 6.32. The fraction of sp³-hybridized carbons (Fsp3) is 0.350. The number of anilines is 3. The van der Waals surface area contributed by atoms with Crippen LogP contribution in [0.3, 0.4) is 0 Å². The third-order valence-corrected chi connectivity index (χ3v) is 4.53. The van der Waals surface area contributed by atoms with Gasteiger partial charge in [0, 0.05) is 49.7 Å². The number of carboxylic acid groups (broad SMARTS) is 1. The molecule has 2 N–H and O–H groups in total. The van der Waals surface area contributed by atoms with Gasteiger partial charge in [-0.3, -0.25) is 9.69 Å². The van der Waals surface area contributed by atoms with Gasteiger partial charge in [0.25, 0.3) is 0 Å². The summed E-state index contributed by atoms with van der Waals surface area (Å²) in [6.07, 6.45) is 0.991. The molecule has 0 radical (unpaired) electrons. The number of rotatable bonds is 7. The molecule has 6 heteroatoms. The minimum atomic E-state index is -0.706. The molecular formula is C20H26N3NaO2. The summed E-state index contributed by atoms with van der Waals surface area (Å²) >= 11 is 0. The second-order valence-corrected chi connectivity index (χ2v) is 6.36. The molecule has 1 heterocycles. The van der Waals surface area contributed by atoms with Gasteiger partial charge in [-0.05, 0) is 49.4 Å². The SMILES string of the molecule is O=C(O)CCCN1CCN(c2ccc(Nc3ccccc3)cc2)CC1.[NaH]. The van der Waals surface area contributed by atoms with Gasteiger partial charge in [0.1, 0.15) is 0 Å².